The average molecular weight is 435 g/mol. The summed E-state index contributed by atoms with van der Waals surface area (Å²) >= 11 is 1.58. The maximum absolute atomic E-state index is 13.0. The van der Waals surface area contributed by atoms with Crippen molar-refractivity contribution in [3.63, 3.8) is 0 Å². The Hall–Kier alpha value is -2.55. The molecule has 1 aromatic heterocycles. The summed E-state index contributed by atoms with van der Waals surface area (Å²) < 4.78 is 31.2. The minimum atomic E-state index is -2.74. The molecule has 160 valence electrons. The summed E-state index contributed by atoms with van der Waals surface area (Å²) in [7, 11) is 1.60. The van der Waals surface area contributed by atoms with Crippen LogP contribution < -0.4 is 10.1 Å². The van der Waals surface area contributed by atoms with Gasteiger partial charge in [-0.2, -0.15) is 0 Å². The summed E-state index contributed by atoms with van der Waals surface area (Å²) in [5.74, 6) is -3.21. The third-order valence-electron chi connectivity index (χ3n) is 5.65. The number of nitrogens with one attached hydrogen (secondary N) is 1. The molecule has 1 saturated carbocycles. The zero-order valence-corrected chi connectivity index (χ0v) is 17.4. The highest BCUT2D eigenvalue weighted by Gasteiger charge is 2.48. The third kappa shape index (κ3) is 4.16. The number of fused-ring (bicyclic) bond motifs is 1. The standard InChI is InChI=1S/C21H23F2N3O3S/c1-29-15-4-2-3-13(9-15)19-18-16(30-12-25-18)6-8-26(19)17(27)5-7-24-20(28)14-10-21(22,23)11-14/h2-4,9,12,14,19H,5-8,10-11H2,1H3,(H,24,28). The van der Waals surface area contributed by atoms with Gasteiger partial charge in [0.25, 0.3) is 0 Å². The molecule has 1 aliphatic carbocycles. The summed E-state index contributed by atoms with van der Waals surface area (Å²) in [5.41, 5.74) is 3.57. The van der Waals surface area contributed by atoms with Crippen molar-refractivity contribution in [3.05, 3.63) is 45.9 Å². The van der Waals surface area contributed by atoms with E-state index in [2.05, 4.69) is 10.3 Å². The van der Waals surface area contributed by atoms with E-state index < -0.39 is 30.6 Å². The molecule has 30 heavy (non-hydrogen) atoms. The van der Waals surface area contributed by atoms with Crippen LogP contribution in [0.5, 0.6) is 5.75 Å². The second-order valence-electron chi connectivity index (χ2n) is 7.68. The Kier molecular flexibility index (Phi) is 5.73. The van der Waals surface area contributed by atoms with E-state index in [9.17, 15) is 18.4 Å². The quantitative estimate of drug-likeness (QED) is 0.757. The number of ether oxygens (including phenoxy) is 1. The maximum atomic E-state index is 13.0. The number of benzene rings is 1. The van der Waals surface area contributed by atoms with Crippen molar-refractivity contribution in [2.45, 2.75) is 37.6 Å². The summed E-state index contributed by atoms with van der Waals surface area (Å²) in [6, 6.07) is 7.26. The van der Waals surface area contributed by atoms with E-state index in [0.717, 1.165) is 22.6 Å². The lowest BCUT2D eigenvalue weighted by molar-refractivity contribution is -0.150. The predicted octanol–water partition coefficient (Wildman–Crippen LogP) is 3.18. The van der Waals surface area contributed by atoms with Crippen LogP contribution in [0.15, 0.2) is 29.8 Å². The van der Waals surface area contributed by atoms with Crippen LogP contribution in [0.1, 0.15) is 41.4 Å². The van der Waals surface area contributed by atoms with Crippen molar-refractivity contribution in [1.82, 2.24) is 15.2 Å². The highest BCUT2D eigenvalue weighted by Crippen LogP contribution is 2.42. The maximum Gasteiger partial charge on any atom is 0.249 e. The lowest BCUT2D eigenvalue weighted by Gasteiger charge is -2.36. The number of hydrogen-bond donors (Lipinski definition) is 1. The Morgan fingerprint density at radius 2 is 2.17 bits per heavy atom. The van der Waals surface area contributed by atoms with E-state index in [1.54, 1.807) is 28.9 Å². The van der Waals surface area contributed by atoms with E-state index in [1.807, 2.05) is 24.3 Å². The molecule has 1 atom stereocenters. The molecule has 6 nitrogen and oxygen atoms in total. The van der Waals surface area contributed by atoms with Crippen molar-refractivity contribution >= 4 is 23.2 Å². The monoisotopic (exact) mass is 435 g/mol. The Morgan fingerprint density at radius 3 is 2.90 bits per heavy atom. The van der Waals surface area contributed by atoms with Gasteiger partial charge in [-0.1, -0.05) is 12.1 Å². The molecule has 4 rings (SSSR count). The number of hydrogen-bond acceptors (Lipinski definition) is 5. The lowest BCUT2D eigenvalue weighted by atomic mass is 9.81. The van der Waals surface area contributed by atoms with Gasteiger partial charge in [0, 0.05) is 49.6 Å². The Labute approximate surface area is 177 Å². The number of amides is 2. The first-order valence-electron chi connectivity index (χ1n) is 9.89. The molecule has 0 saturated heterocycles. The molecule has 2 aromatic rings. The van der Waals surface area contributed by atoms with E-state index in [4.69, 9.17) is 4.74 Å². The Bertz CT molecular complexity index is 941. The van der Waals surface area contributed by atoms with Crippen molar-refractivity contribution in [2.24, 2.45) is 5.92 Å². The van der Waals surface area contributed by atoms with Crippen LogP contribution >= 0.6 is 11.3 Å². The second-order valence-corrected chi connectivity index (χ2v) is 8.62. The van der Waals surface area contributed by atoms with Crippen molar-refractivity contribution < 1.29 is 23.1 Å². The SMILES string of the molecule is COc1cccc(C2c3ncsc3CCN2C(=O)CCNC(=O)C2CC(F)(F)C2)c1. The van der Waals surface area contributed by atoms with Gasteiger partial charge < -0.3 is 15.0 Å². The summed E-state index contributed by atoms with van der Waals surface area (Å²) in [4.78, 5) is 32.4. The highest BCUT2D eigenvalue weighted by atomic mass is 32.1. The first kappa shape index (κ1) is 20.7. The Morgan fingerprint density at radius 1 is 1.37 bits per heavy atom. The van der Waals surface area contributed by atoms with Crippen LogP contribution in [0, 0.1) is 5.92 Å². The van der Waals surface area contributed by atoms with E-state index >= 15 is 0 Å². The van der Waals surface area contributed by atoms with Gasteiger partial charge >= 0.3 is 0 Å². The minimum absolute atomic E-state index is 0.106. The van der Waals surface area contributed by atoms with Crippen LogP contribution in [-0.2, 0) is 16.0 Å². The minimum Gasteiger partial charge on any atom is -0.497 e. The van der Waals surface area contributed by atoms with E-state index in [0.29, 0.717) is 12.3 Å². The normalized spacial score (nSPS) is 20.2. The van der Waals surface area contributed by atoms with Crippen LogP contribution in [0.3, 0.4) is 0 Å². The van der Waals surface area contributed by atoms with Crippen LogP contribution in [-0.4, -0.2) is 47.8 Å². The summed E-state index contributed by atoms with van der Waals surface area (Å²) in [6.07, 6.45) is 0.0113. The number of halogens is 2. The molecule has 1 fully saturated rings. The number of carbonyl (C=O) groups is 2. The van der Waals surface area contributed by atoms with Gasteiger partial charge in [0.05, 0.1) is 18.3 Å². The number of aromatic nitrogens is 1. The Balaban J connectivity index is 1.43. The number of thiazole rings is 1. The van der Waals surface area contributed by atoms with Gasteiger partial charge in [-0.05, 0) is 17.7 Å². The fraction of sp³-hybridized carbons (Fsp3) is 0.476. The molecule has 0 bridgehead atoms. The lowest BCUT2D eigenvalue weighted by Crippen LogP contribution is -2.46. The molecule has 1 N–H and O–H groups in total. The molecule has 2 amide bonds. The smallest absolute Gasteiger partial charge is 0.249 e. The molecule has 0 radical (unpaired) electrons. The number of rotatable bonds is 6. The number of alkyl halides is 2. The number of carbonyl (C=O) groups excluding carboxylic acids is 2. The third-order valence-corrected chi connectivity index (χ3v) is 6.56. The van der Waals surface area contributed by atoms with Crippen molar-refractivity contribution in [1.29, 1.82) is 0 Å². The van der Waals surface area contributed by atoms with Gasteiger partial charge in [0.2, 0.25) is 17.7 Å². The molecular weight excluding hydrogens is 412 g/mol. The molecule has 2 aliphatic rings. The highest BCUT2D eigenvalue weighted by molar-refractivity contribution is 7.09. The molecule has 9 heteroatoms. The van der Waals surface area contributed by atoms with Gasteiger partial charge in [0.1, 0.15) is 11.8 Å². The van der Waals surface area contributed by atoms with Crippen LogP contribution in [0.2, 0.25) is 0 Å². The first-order valence-corrected chi connectivity index (χ1v) is 10.8. The zero-order chi connectivity index (χ0) is 21.3. The van der Waals surface area contributed by atoms with Crippen molar-refractivity contribution in [3.8, 4) is 5.75 Å². The summed E-state index contributed by atoms with van der Waals surface area (Å²) in [5, 5.41) is 2.63. The first-order chi connectivity index (χ1) is 14.4. The molecule has 1 aliphatic heterocycles. The zero-order valence-electron chi connectivity index (χ0n) is 16.6. The largest absolute Gasteiger partial charge is 0.497 e. The van der Waals surface area contributed by atoms with Gasteiger partial charge in [-0.25, -0.2) is 13.8 Å². The second kappa shape index (κ2) is 8.29. The van der Waals surface area contributed by atoms with Crippen LogP contribution in [0.4, 0.5) is 8.78 Å². The number of methoxy groups -OCH3 is 1. The molecule has 1 aromatic carbocycles. The molecule has 1 unspecified atom stereocenters. The van der Waals surface area contributed by atoms with Crippen LogP contribution in [0.25, 0.3) is 0 Å². The molecular formula is C21H23F2N3O3S. The van der Waals surface area contributed by atoms with Gasteiger partial charge in [-0.3, -0.25) is 9.59 Å². The fourth-order valence-corrected chi connectivity index (χ4v) is 4.82. The fourth-order valence-electron chi connectivity index (χ4n) is 4.03. The van der Waals surface area contributed by atoms with Gasteiger partial charge in [0.15, 0.2) is 0 Å². The molecule has 2 heterocycles. The van der Waals surface area contributed by atoms with E-state index in [1.165, 1.54) is 0 Å². The van der Waals surface area contributed by atoms with E-state index in [-0.39, 0.29) is 24.9 Å². The number of nitrogens with zero attached hydrogens (tertiary/aromatic N) is 2. The van der Waals surface area contributed by atoms with Crippen molar-refractivity contribution in [2.75, 3.05) is 20.2 Å². The average Bonchev–Trinajstić information content (AvgIpc) is 3.19. The topological polar surface area (TPSA) is 71.5 Å². The summed E-state index contributed by atoms with van der Waals surface area (Å²) in [6.45, 7) is 0.684. The molecule has 0 spiro atoms. The van der Waals surface area contributed by atoms with Gasteiger partial charge in [-0.15, -0.1) is 11.3 Å². The predicted molar refractivity (Wildman–Crippen MR) is 108 cm³/mol.